The van der Waals surface area contributed by atoms with E-state index in [0.29, 0.717) is 42.4 Å². The van der Waals surface area contributed by atoms with Crippen LogP contribution in [0.15, 0.2) is 82.3 Å². The molecule has 8 nitrogen and oxygen atoms in total. The molecular formula is C35H40BrFN2O6S. The molecule has 0 unspecified atom stereocenters. The molecule has 3 aromatic rings. The molecule has 246 valence electrons. The van der Waals surface area contributed by atoms with Crippen molar-refractivity contribution in [3.8, 4) is 5.75 Å². The highest BCUT2D eigenvalue weighted by atomic mass is 79.9. The van der Waals surface area contributed by atoms with Crippen molar-refractivity contribution in [2.75, 3.05) is 25.5 Å². The summed E-state index contributed by atoms with van der Waals surface area (Å²) in [5.74, 6) is 1.10. The number of nitrogens with zero attached hydrogens (tertiary/aromatic N) is 1. The minimum Gasteiger partial charge on any atom is -0.494 e. The number of esters is 1. The average molecular weight is 716 g/mol. The summed E-state index contributed by atoms with van der Waals surface area (Å²) in [6.45, 7) is 6.17. The third kappa shape index (κ3) is 9.80. The van der Waals surface area contributed by atoms with Crippen molar-refractivity contribution in [1.29, 1.82) is 0 Å². The first kappa shape index (κ1) is 35.4. The maximum absolute atomic E-state index is 14.3. The molecule has 0 fully saturated rings. The Morgan fingerprint density at radius 2 is 1.80 bits per heavy atom. The van der Waals surface area contributed by atoms with Gasteiger partial charge in [-0.15, -0.1) is 0 Å². The molecule has 0 saturated carbocycles. The average Bonchev–Trinajstić information content (AvgIpc) is 3.41. The minimum absolute atomic E-state index is 0.0412. The Labute approximate surface area is 282 Å². The zero-order chi connectivity index (χ0) is 33.2. The van der Waals surface area contributed by atoms with Gasteiger partial charge in [0.2, 0.25) is 5.90 Å². The Bertz CT molecular complexity index is 1500. The Morgan fingerprint density at radius 1 is 1.09 bits per heavy atom. The van der Waals surface area contributed by atoms with Crippen molar-refractivity contribution in [3.05, 3.63) is 99.8 Å². The van der Waals surface area contributed by atoms with Crippen LogP contribution >= 0.6 is 27.7 Å². The molecule has 1 aliphatic rings. The number of benzene rings is 3. The number of aliphatic imine (C=N–C) groups is 1. The first-order valence-corrected chi connectivity index (χ1v) is 17.1. The predicted molar refractivity (Wildman–Crippen MR) is 182 cm³/mol. The highest BCUT2D eigenvalue weighted by Crippen LogP contribution is 2.45. The summed E-state index contributed by atoms with van der Waals surface area (Å²) in [4.78, 5) is 32.1. The van der Waals surface area contributed by atoms with Gasteiger partial charge < -0.3 is 24.6 Å². The summed E-state index contributed by atoms with van der Waals surface area (Å²) in [6, 6.07) is 21.0. The number of nitrogens with one attached hydrogen (secondary N) is 1. The molecule has 3 aromatic carbocycles. The number of ether oxygens (including phenoxy) is 3. The molecule has 0 aromatic heterocycles. The van der Waals surface area contributed by atoms with E-state index < -0.39 is 23.2 Å². The zero-order valence-electron chi connectivity index (χ0n) is 26.3. The van der Waals surface area contributed by atoms with Gasteiger partial charge in [0.05, 0.1) is 6.61 Å². The van der Waals surface area contributed by atoms with Gasteiger partial charge in [-0.3, -0.25) is 9.59 Å². The normalized spacial score (nSPS) is 17.6. The third-order valence-corrected chi connectivity index (χ3v) is 8.81. The fourth-order valence-electron chi connectivity index (χ4n) is 4.88. The Morgan fingerprint density at radius 3 is 2.48 bits per heavy atom. The van der Waals surface area contributed by atoms with Crippen LogP contribution in [-0.2, 0) is 24.8 Å². The lowest BCUT2D eigenvalue weighted by Gasteiger charge is -2.31. The van der Waals surface area contributed by atoms with E-state index in [1.165, 1.54) is 12.1 Å². The number of thioether (sulfide) groups is 1. The van der Waals surface area contributed by atoms with Gasteiger partial charge in [0, 0.05) is 53.1 Å². The van der Waals surface area contributed by atoms with Gasteiger partial charge in [-0.05, 0) is 75.2 Å². The first-order chi connectivity index (χ1) is 22.0. The zero-order valence-corrected chi connectivity index (χ0v) is 28.7. The van der Waals surface area contributed by atoms with Crippen molar-refractivity contribution in [2.45, 2.75) is 63.0 Å². The largest absolute Gasteiger partial charge is 0.494 e. The van der Waals surface area contributed by atoms with Crippen LogP contribution in [0, 0.1) is 5.82 Å². The van der Waals surface area contributed by atoms with E-state index in [1.54, 1.807) is 68.9 Å². The van der Waals surface area contributed by atoms with Gasteiger partial charge in [-0.25, -0.2) is 9.38 Å². The monoisotopic (exact) mass is 714 g/mol. The van der Waals surface area contributed by atoms with E-state index in [4.69, 9.17) is 24.3 Å². The van der Waals surface area contributed by atoms with Crippen LogP contribution in [0.4, 0.5) is 4.39 Å². The number of amides is 1. The van der Waals surface area contributed by atoms with Gasteiger partial charge in [0.25, 0.3) is 5.91 Å². The smallest absolute Gasteiger partial charge is 0.306 e. The van der Waals surface area contributed by atoms with Crippen molar-refractivity contribution < 1.29 is 33.3 Å². The third-order valence-electron chi connectivity index (χ3n) is 7.06. The van der Waals surface area contributed by atoms with Crippen molar-refractivity contribution in [3.63, 3.8) is 0 Å². The number of carbonyl (C=O) groups is 2. The molecule has 2 atom stereocenters. The number of halogens is 2. The molecule has 1 aliphatic heterocycles. The van der Waals surface area contributed by atoms with E-state index in [2.05, 4.69) is 21.2 Å². The molecule has 0 radical (unpaired) electrons. The number of rotatable bonds is 15. The second-order valence-corrected chi connectivity index (χ2v) is 13.8. The molecule has 0 spiro atoms. The number of carbonyl (C=O) groups excluding carboxylic acids is 2. The quantitative estimate of drug-likeness (QED) is 0.132. The summed E-state index contributed by atoms with van der Waals surface area (Å²) in [7, 11) is 0. The molecular weight excluding hydrogens is 675 g/mol. The SMILES string of the molecule is CC(C)(C)OC(=O)CC[C@@]1(C(=O)NCCSCc2ccc(F)cc2)N=C(c2ccc(OCCCO)cc2)O[C@@H]1c1ccccc1Br. The summed E-state index contributed by atoms with van der Waals surface area (Å²) >= 11 is 5.24. The summed E-state index contributed by atoms with van der Waals surface area (Å²) in [5.41, 5.74) is 0.193. The van der Waals surface area contributed by atoms with Gasteiger partial charge >= 0.3 is 5.97 Å². The van der Waals surface area contributed by atoms with E-state index in [9.17, 15) is 14.0 Å². The van der Waals surface area contributed by atoms with Crippen LogP contribution in [0.5, 0.6) is 5.75 Å². The first-order valence-electron chi connectivity index (χ1n) is 15.2. The molecule has 0 aliphatic carbocycles. The van der Waals surface area contributed by atoms with Crippen molar-refractivity contribution >= 4 is 45.5 Å². The van der Waals surface area contributed by atoms with E-state index in [1.807, 2.05) is 24.3 Å². The van der Waals surface area contributed by atoms with Crippen LogP contribution in [0.2, 0.25) is 0 Å². The summed E-state index contributed by atoms with van der Waals surface area (Å²) in [5, 5.41) is 12.1. The summed E-state index contributed by atoms with van der Waals surface area (Å²) < 4.78 is 31.8. The number of hydrogen-bond acceptors (Lipinski definition) is 8. The molecule has 0 saturated heterocycles. The van der Waals surface area contributed by atoms with Crippen LogP contribution in [0.25, 0.3) is 0 Å². The maximum atomic E-state index is 14.3. The lowest BCUT2D eigenvalue weighted by Crippen LogP contribution is -2.49. The lowest BCUT2D eigenvalue weighted by molar-refractivity contribution is -0.155. The molecule has 1 amide bonds. The highest BCUT2D eigenvalue weighted by molar-refractivity contribution is 9.10. The number of aliphatic hydroxyl groups is 1. The van der Waals surface area contributed by atoms with Crippen molar-refractivity contribution in [1.82, 2.24) is 5.32 Å². The number of hydrogen-bond donors (Lipinski definition) is 2. The maximum Gasteiger partial charge on any atom is 0.306 e. The molecule has 46 heavy (non-hydrogen) atoms. The second-order valence-electron chi connectivity index (χ2n) is 11.8. The van der Waals surface area contributed by atoms with Crippen LogP contribution in [0.1, 0.15) is 62.8 Å². The Hall–Kier alpha value is -3.41. The van der Waals surface area contributed by atoms with Crippen LogP contribution in [-0.4, -0.2) is 59.5 Å². The molecule has 1 heterocycles. The Kier molecular flexibility index (Phi) is 12.7. The highest BCUT2D eigenvalue weighted by Gasteiger charge is 2.53. The van der Waals surface area contributed by atoms with Crippen LogP contribution in [0.3, 0.4) is 0 Å². The second kappa shape index (κ2) is 16.4. The van der Waals surface area contributed by atoms with E-state index >= 15 is 0 Å². The van der Waals surface area contributed by atoms with Crippen molar-refractivity contribution in [2.24, 2.45) is 4.99 Å². The standard InChI is InChI=1S/C35H40BrFN2O6S/c1-34(2,3)45-30(41)17-18-35(33(42)38-19-22-46-23-24-9-13-26(37)14-10-24)31(28-7-4-5-8-29(28)36)44-32(39-35)25-11-15-27(16-12-25)43-21-6-20-40/h4-5,7-16,31,40H,6,17-23H2,1-3H3,(H,38,42)/t31-,35-/m1/s1. The topological polar surface area (TPSA) is 106 Å². The predicted octanol–water partition coefficient (Wildman–Crippen LogP) is 6.78. The van der Waals surface area contributed by atoms with Gasteiger partial charge in [0.15, 0.2) is 11.6 Å². The molecule has 11 heteroatoms. The van der Waals surface area contributed by atoms with Gasteiger partial charge in [0.1, 0.15) is 17.2 Å². The fourth-order valence-corrected chi connectivity index (χ4v) is 6.19. The van der Waals surface area contributed by atoms with Crippen LogP contribution < -0.4 is 10.1 Å². The molecule has 2 N–H and O–H groups in total. The fraction of sp³-hybridized carbons (Fsp3) is 0.400. The van der Waals surface area contributed by atoms with E-state index in [-0.39, 0.29) is 37.1 Å². The van der Waals surface area contributed by atoms with Gasteiger partial charge in [-0.1, -0.05) is 46.3 Å². The Balaban J connectivity index is 1.61. The van der Waals surface area contributed by atoms with E-state index in [0.717, 1.165) is 15.6 Å². The lowest BCUT2D eigenvalue weighted by atomic mass is 9.83. The minimum atomic E-state index is -1.48. The molecule has 0 bridgehead atoms. The number of aliphatic hydroxyl groups excluding tert-OH is 1. The molecule has 4 rings (SSSR count). The van der Waals surface area contributed by atoms with Gasteiger partial charge in [-0.2, -0.15) is 11.8 Å². The summed E-state index contributed by atoms with van der Waals surface area (Å²) in [6.07, 6.45) is -0.324.